The molecular formula is C26H35ClN2O4. The zero-order valence-electron chi connectivity index (χ0n) is 20.2. The van der Waals surface area contributed by atoms with Crippen LogP contribution in [0.25, 0.3) is 0 Å². The van der Waals surface area contributed by atoms with Crippen molar-refractivity contribution >= 4 is 23.4 Å². The first-order valence-electron chi connectivity index (χ1n) is 11.4. The lowest BCUT2D eigenvalue weighted by Crippen LogP contribution is -2.50. The van der Waals surface area contributed by atoms with Crippen LogP contribution in [-0.2, 0) is 22.6 Å². The van der Waals surface area contributed by atoms with Gasteiger partial charge in [0.25, 0.3) is 0 Å². The fraction of sp³-hybridized carbons (Fsp3) is 0.462. The first-order valence-corrected chi connectivity index (χ1v) is 11.8. The molecule has 0 saturated carbocycles. The van der Waals surface area contributed by atoms with Crippen LogP contribution in [0.5, 0.6) is 11.5 Å². The number of hydrogen-bond donors (Lipinski definition) is 1. The standard InChI is InChI=1S/C26H35ClN2O4/c1-6-18(3)28-26(31)22(7-2)29(17-20-8-12-21(27)13-9-20)25(30)15-11-19-10-14-23(32-4)24(16-19)33-5/h8-10,12-14,16,18,22H,6-7,11,15,17H2,1-5H3,(H,28,31)/t18-,22+/m0/s1. The Morgan fingerprint density at radius 2 is 1.61 bits per heavy atom. The van der Waals surface area contributed by atoms with E-state index in [4.69, 9.17) is 21.1 Å². The van der Waals surface area contributed by atoms with E-state index in [1.54, 1.807) is 31.3 Å². The summed E-state index contributed by atoms with van der Waals surface area (Å²) in [5.74, 6) is 1.07. The Labute approximate surface area is 202 Å². The van der Waals surface area contributed by atoms with Crippen molar-refractivity contribution in [1.29, 1.82) is 0 Å². The minimum Gasteiger partial charge on any atom is -0.493 e. The predicted octanol–water partition coefficient (Wildman–Crippen LogP) is 5.01. The molecule has 2 aromatic carbocycles. The Morgan fingerprint density at radius 3 is 2.18 bits per heavy atom. The van der Waals surface area contributed by atoms with E-state index < -0.39 is 6.04 Å². The number of benzene rings is 2. The second-order valence-electron chi connectivity index (χ2n) is 8.08. The number of nitrogens with zero attached hydrogens (tertiary/aromatic N) is 1. The van der Waals surface area contributed by atoms with E-state index >= 15 is 0 Å². The van der Waals surface area contributed by atoms with Gasteiger partial charge in [-0.25, -0.2) is 0 Å². The monoisotopic (exact) mass is 474 g/mol. The summed E-state index contributed by atoms with van der Waals surface area (Å²) in [6.07, 6.45) is 2.15. The Kier molecular flexibility index (Phi) is 10.5. The Hall–Kier alpha value is -2.73. The van der Waals surface area contributed by atoms with E-state index in [-0.39, 0.29) is 24.3 Å². The number of rotatable bonds is 12. The van der Waals surface area contributed by atoms with Gasteiger partial charge in [-0.1, -0.05) is 43.6 Å². The maximum absolute atomic E-state index is 13.4. The van der Waals surface area contributed by atoms with E-state index in [0.29, 0.717) is 35.9 Å². The van der Waals surface area contributed by atoms with E-state index in [2.05, 4.69) is 5.32 Å². The lowest BCUT2D eigenvalue weighted by Gasteiger charge is -2.31. The summed E-state index contributed by atoms with van der Waals surface area (Å²) in [6.45, 7) is 6.25. The summed E-state index contributed by atoms with van der Waals surface area (Å²) in [5, 5.41) is 3.66. The molecular weight excluding hydrogens is 440 g/mol. The average Bonchev–Trinajstić information content (AvgIpc) is 2.83. The third kappa shape index (κ3) is 7.67. The minimum absolute atomic E-state index is 0.0470. The van der Waals surface area contributed by atoms with Crippen molar-refractivity contribution in [2.75, 3.05) is 14.2 Å². The predicted molar refractivity (Wildman–Crippen MR) is 132 cm³/mol. The average molecular weight is 475 g/mol. The van der Waals surface area contributed by atoms with Gasteiger partial charge in [-0.15, -0.1) is 0 Å². The molecule has 0 aromatic heterocycles. The number of carbonyl (C=O) groups excluding carboxylic acids is 2. The Bertz CT molecular complexity index is 917. The highest BCUT2D eigenvalue weighted by atomic mass is 35.5. The maximum atomic E-state index is 13.4. The van der Waals surface area contributed by atoms with Gasteiger partial charge in [0.05, 0.1) is 14.2 Å². The van der Waals surface area contributed by atoms with Gasteiger partial charge in [0.1, 0.15) is 6.04 Å². The fourth-order valence-corrected chi connectivity index (χ4v) is 3.70. The molecule has 0 spiro atoms. The van der Waals surface area contributed by atoms with Crippen molar-refractivity contribution in [3.63, 3.8) is 0 Å². The smallest absolute Gasteiger partial charge is 0.243 e. The molecule has 0 radical (unpaired) electrons. The topological polar surface area (TPSA) is 67.9 Å². The molecule has 0 bridgehead atoms. The van der Waals surface area contributed by atoms with Crippen molar-refractivity contribution in [3.05, 3.63) is 58.6 Å². The molecule has 1 N–H and O–H groups in total. The maximum Gasteiger partial charge on any atom is 0.243 e. The number of ether oxygens (including phenoxy) is 2. The number of amides is 2. The van der Waals surface area contributed by atoms with Gasteiger partial charge in [0.2, 0.25) is 11.8 Å². The molecule has 0 fully saturated rings. The third-order valence-electron chi connectivity index (χ3n) is 5.73. The second kappa shape index (κ2) is 13.1. The van der Waals surface area contributed by atoms with Gasteiger partial charge in [-0.3, -0.25) is 9.59 Å². The molecule has 0 saturated heterocycles. The molecule has 0 aliphatic carbocycles. The number of hydrogen-bond acceptors (Lipinski definition) is 4. The molecule has 180 valence electrons. The van der Waals surface area contributed by atoms with Crippen LogP contribution in [-0.4, -0.2) is 43.0 Å². The first-order chi connectivity index (χ1) is 15.8. The van der Waals surface area contributed by atoms with Gasteiger partial charge in [0, 0.05) is 24.0 Å². The quantitative estimate of drug-likeness (QED) is 0.469. The van der Waals surface area contributed by atoms with Gasteiger partial charge < -0.3 is 19.7 Å². The van der Waals surface area contributed by atoms with Crippen LogP contribution in [0.3, 0.4) is 0 Å². The molecule has 2 aromatic rings. The molecule has 2 atom stereocenters. The zero-order chi connectivity index (χ0) is 24.4. The number of halogens is 1. The van der Waals surface area contributed by atoms with Crippen LogP contribution < -0.4 is 14.8 Å². The lowest BCUT2D eigenvalue weighted by atomic mass is 10.1. The third-order valence-corrected chi connectivity index (χ3v) is 5.98. The molecule has 0 heterocycles. The van der Waals surface area contributed by atoms with Crippen molar-refractivity contribution in [2.24, 2.45) is 0 Å². The van der Waals surface area contributed by atoms with E-state index in [9.17, 15) is 9.59 Å². The van der Waals surface area contributed by atoms with Gasteiger partial charge >= 0.3 is 0 Å². The summed E-state index contributed by atoms with van der Waals surface area (Å²) >= 11 is 6.02. The number of carbonyl (C=O) groups is 2. The number of nitrogens with one attached hydrogen (secondary N) is 1. The fourth-order valence-electron chi connectivity index (χ4n) is 3.58. The normalized spacial score (nSPS) is 12.5. The SMILES string of the molecule is CC[C@H](C(=O)N[C@@H](C)CC)N(Cc1ccc(Cl)cc1)C(=O)CCc1ccc(OC)c(OC)c1. The van der Waals surface area contributed by atoms with Crippen LogP contribution in [0, 0.1) is 0 Å². The van der Waals surface area contributed by atoms with Gasteiger partial charge in [0.15, 0.2) is 11.5 Å². The molecule has 2 rings (SSSR count). The van der Waals surface area contributed by atoms with E-state index in [1.807, 2.05) is 51.1 Å². The molecule has 7 heteroatoms. The van der Waals surface area contributed by atoms with Gasteiger partial charge in [-0.05, 0) is 61.6 Å². The number of aryl methyl sites for hydroxylation is 1. The van der Waals surface area contributed by atoms with Crippen molar-refractivity contribution in [2.45, 2.75) is 65.1 Å². The van der Waals surface area contributed by atoms with Crippen LogP contribution in [0.1, 0.15) is 51.2 Å². The molecule has 0 aliphatic heterocycles. The van der Waals surface area contributed by atoms with Crippen LogP contribution in [0.2, 0.25) is 5.02 Å². The number of methoxy groups -OCH3 is 2. The molecule has 33 heavy (non-hydrogen) atoms. The molecule has 2 amide bonds. The van der Waals surface area contributed by atoms with Crippen LogP contribution in [0.4, 0.5) is 0 Å². The summed E-state index contributed by atoms with van der Waals surface area (Å²) in [7, 11) is 3.17. The van der Waals surface area contributed by atoms with E-state index in [0.717, 1.165) is 17.5 Å². The lowest BCUT2D eigenvalue weighted by molar-refractivity contribution is -0.141. The highest BCUT2D eigenvalue weighted by molar-refractivity contribution is 6.30. The summed E-state index contributed by atoms with van der Waals surface area (Å²) in [4.78, 5) is 28.1. The van der Waals surface area contributed by atoms with Crippen molar-refractivity contribution in [3.8, 4) is 11.5 Å². The Balaban J connectivity index is 2.22. The van der Waals surface area contributed by atoms with Crippen molar-refractivity contribution < 1.29 is 19.1 Å². The van der Waals surface area contributed by atoms with Crippen LogP contribution in [0.15, 0.2) is 42.5 Å². The largest absolute Gasteiger partial charge is 0.493 e. The summed E-state index contributed by atoms with van der Waals surface area (Å²) in [5.41, 5.74) is 1.89. The minimum atomic E-state index is -0.549. The van der Waals surface area contributed by atoms with E-state index in [1.165, 1.54) is 0 Å². The highest BCUT2D eigenvalue weighted by Gasteiger charge is 2.29. The molecule has 0 aliphatic rings. The molecule has 6 nitrogen and oxygen atoms in total. The van der Waals surface area contributed by atoms with Crippen molar-refractivity contribution in [1.82, 2.24) is 10.2 Å². The molecule has 0 unspecified atom stereocenters. The second-order valence-corrected chi connectivity index (χ2v) is 8.52. The zero-order valence-corrected chi connectivity index (χ0v) is 20.9. The first kappa shape index (κ1) is 26.5. The summed E-state index contributed by atoms with van der Waals surface area (Å²) < 4.78 is 10.7. The Morgan fingerprint density at radius 1 is 0.970 bits per heavy atom. The van der Waals surface area contributed by atoms with Gasteiger partial charge in [-0.2, -0.15) is 0 Å². The highest BCUT2D eigenvalue weighted by Crippen LogP contribution is 2.28. The summed E-state index contributed by atoms with van der Waals surface area (Å²) in [6, 6.07) is 12.5. The van der Waals surface area contributed by atoms with Crippen LogP contribution >= 0.6 is 11.6 Å².